The summed E-state index contributed by atoms with van der Waals surface area (Å²) in [7, 11) is 0. The highest BCUT2D eigenvalue weighted by Crippen LogP contribution is 2.26. The maximum atomic E-state index is 10.4. The molecule has 4 nitrogen and oxygen atoms in total. The summed E-state index contributed by atoms with van der Waals surface area (Å²) in [6.45, 7) is 9.73. The van der Waals surface area contributed by atoms with Crippen molar-refractivity contribution >= 4 is 12.6 Å². The molecule has 0 aliphatic heterocycles. The van der Waals surface area contributed by atoms with Crippen LogP contribution >= 0.6 is 0 Å². The van der Waals surface area contributed by atoms with Crippen LogP contribution in [0, 0.1) is 0 Å². The van der Waals surface area contributed by atoms with Crippen molar-refractivity contribution < 1.29 is 19.1 Å². The van der Waals surface area contributed by atoms with Gasteiger partial charge in [-0.1, -0.05) is 13.8 Å². The minimum Gasteiger partial charge on any atom is -0.375 e. The molecule has 0 aromatic rings. The van der Waals surface area contributed by atoms with Crippen molar-refractivity contribution in [3.05, 3.63) is 0 Å². The summed E-state index contributed by atoms with van der Waals surface area (Å²) >= 11 is 0. The largest absolute Gasteiger partial charge is 0.375 e. The Kier molecular flexibility index (Phi) is 11.4. The lowest BCUT2D eigenvalue weighted by atomic mass is 9.95. The number of hydrogen-bond donors (Lipinski definition) is 0. The van der Waals surface area contributed by atoms with Crippen molar-refractivity contribution in [1.82, 2.24) is 0 Å². The quantitative estimate of drug-likeness (QED) is 0.337. The summed E-state index contributed by atoms with van der Waals surface area (Å²) in [5.74, 6) is 0. The number of carbonyl (C=O) groups is 2. The lowest BCUT2D eigenvalue weighted by Crippen LogP contribution is -2.34. The average Bonchev–Trinajstić information content (AvgIpc) is 2.52. The Hall–Kier alpha value is -0.740. The molecule has 4 heteroatoms. The molecule has 0 radical (unpaired) electrons. The van der Waals surface area contributed by atoms with E-state index in [4.69, 9.17) is 9.47 Å². The fourth-order valence-electron chi connectivity index (χ4n) is 2.26. The highest BCUT2D eigenvalue weighted by Gasteiger charge is 2.26. The summed E-state index contributed by atoms with van der Waals surface area (Å²) in [4.78, 5) is 20.8. The molecule has 0 amide bonds. The van der Waals surface area contributed by atoms with Crippen LogP contribution in [0.25, 0.3) is 0 Å². The predicted molar refractivity (Wildman–Crippen MR) is 89.1 cm³/mol. The molecule has 0 rings (SSSR count). The van der Waals surface area contributed by atoms with Gasteiger partial charge in [-0.2, -0.15) is 0 Å². The normalized spacial score (nSPS) is 16.7. The Morgan fingerprint density at radius 3 is 1.82 bits per heavy atom. The van der Waals surface area contributed by atoms with Crippen LogP contribution in [-0.2, 0) is 19.1 Å². The van der Waals surface area contributed by atoms with Crippen LogP contribution in [0.4, 0.5) is 0 Å². The molecule has 22 heavy (non-hydrogen) atoms. The monoisotopic (exact) mass is 314 g/mol. The Labute approximate surface area is 135 Å². The number of ether oxygens (including phenoxy) is 2. The molecule has 0 saturated carbocycles. The van der Waals surface area contributed by atoms with E-state index in [-0.39, 0.29) is 11.2 Å². The lowest BCUT2D eigenvalue weighted by Gasteiger charge is -2.33. The van der Waals surface area contributed by atoms with Gasteiger partial charge in [-0.05, 0) is 52.4 Å². The van der Waals surface area contributed by atoms with E-state index in [9.17, 15) is 9.59 Å². The molecule has 0 aromatic heterocycles. The van der Waals surface area contributed by atoms with Gasteiger partial charge in [0.2, 0.25) is 0 Å². The molecule has 130 valence electrons. The number of rotatable bonds is 15. The molecule has 0 spiro atoms. The fraction of sp³-hybridized carbons (Fsp3) is 0.889. The van der Waals surface area contributed by atoms with Gasteiger partial charge in [0, 0.05) is 19.4 Å². The van der Waals surface area contributed by atoms with Crippen LogP contribution in [-0.4, -0.2) is 37.0 Å². The second-order valence-corrected chi connectivity index (χ2v) is 6.42. The third-order valence-electron chi connectivity index (χ3n) is 4.52. The van der Waals surface area contributed by atoms with Crippen LogP contribution in [0.2, 0.25) is 0 Å². The van der Waals surface area contributed by atoms with Gasteiger partial charge in [0.25, 0.3) is 0 Å². The molecule has 0 saturated heterocycles. The van der Waals surface area contributed by atoms with E-state index in [1.807, 2.05) is 0 Å². The van der Waals surface area contributed by atoms with E-state index < -0.39 is 0 Å². The van der Waals surface area contributed by atoms with Crippen LogP contribution in [0.5, 0.6) is 0 Å². The molecule has 0 bridgehead atoms. The highest BCUT2D eigenvalue weighted by molar-refractivity contribution is 5.49. The van der Waals surface area contributed by atoms with E-state index >= 15 is 0 Å². The zero-order valence-corrected chi connectivity index (χ0v) is 14.9. The lowest BCUT2D eigenvalue weighted by molar-refractivity contribution is -0.110. The van der Waals surface area contributed by atoms with Crippen molar-refractivity contribution in [3.63, 3.8) is 0 Å². The van der Waals surface area contributed by atoms with Crippen LogP contribution in [0.1, 0.15) is 79.1 Å². The molecule has 0 aliphatic rings. The van der Waals surface area contributed by atoms with E-state index in [1.54, 1.807) is 0 Å². The summed E-state index contributed by atoms with van der Waals surface area (Å²) in [6, 6.07) is 0. The second kappa shape index (κ2) is 11.8. The molecule has 2 atom stereocenters. The predicted octanol–water partition coefficient (Wildman–Crippen LogP) is 4.10. The van der Waals surface area contributed by atoms with Gasteiger partial charge in [0.15, 0.2) is 0 Å². The zero-order chi connectivity index (χ0) is 16.9. The molecule has 2 unspecified atom stereocenters. The van der Waals surface area contributed by atoms with Crippen molar-refractivity contribution in [3.8, 4) is 0 Å². The molecular formula is C18H34O4. The Bertz CT molecular complexity index is 305. The van der Waals surface area contributed by atoms with Crippen molar-refractivity contribution in [2.24, 2.45) is 0 Å². The van der Waals surface area contributed by atoms with Crippen LogP contribution in [0.15, 0.2) is 0 Å². The minimum absolute atomic E-state index is 0.158. The van der Waals surface area contributed by atoms with Crippen molar-refractivity contribution in [1.29, 1.82) is 0 Å². The minimum atomic E-state index is -0.194. The summed E-state index contributed by atoms with van der Waals surface area (Å²) in [5, 5.41) is 0. The molecule has 0 aromatic carbocycles. The van der Waals surface area contributed by atoms with Crippen LogP contribution < -0.4 is 0 Å². The zero-order valence-electron chi connectivity index (χ0n) is 14.9. The van der Waals surface area contributed by atoms with Crippen LogP contribution in [0.3, 0.4) is 0 Å². The highest BCUT2D eigenvalue weighted by atomic mass is 16.5. The topological polar surface area (TPSA) is 52.6 Å². The van der Waals surface area contributed by atoms with Gasteiger partial charge in [0.1, 0.15) is 12.6 Å². The first-order valence-corrected chi connectivity index (χ1v) is 8.60. The first kappa shape index (κ1) is 21.3. The van der Waals surface area contributed by atoms with Gasteiger partial charge >= 0.3 is 0 Å². The summed E-state index contributed by atoms with van der Waals surface area (Å²) < 4.78 is 12.0. The number of unbranched alkanes of at least 4 members (excludes halogenated alkanes) is 2. The summed E-state index contributed by atoms with van der Waals surface area (Å²) in [5.41, 5.74) is -0.352. The summed E-state index contributed by atoms with van der Waals surface area (Å²) in [6.07, 6.45) is 8.32. The van der Waals surface area contributed by atoms with E-state index in [2.05, 4.69) is 27.7 Å². The maximum Gasteiger partial charge on any atom is 0.120 e. The Morgan fingerprint density at radius 2 is 1.27 bits per heavy atom. The number of carbonyl (C=O) groups excluding carboxylic acids is 2. The maximum absolute atomic E-state index is 10.4. The standard InChI is InChI=1S/C18H34O4/c1-5-17(3,11-7-8-13-19)22-16-12-18(4,6-2)21-15-10-9-14-20/h13-14H,5-12,15-16H2,1-4H3. The second-order valence-electron chi connectivity index (χ2n) is 6.42. The first-order chi connectivity index (χ1) is 10.4. The molecule has 0 heterocycles. The number of hydrogen-bond acceptors (Lipinski definition) is 4. The van der Waals surface area contributed by atoms with Crippen molar-refractivity contribution in [2.75, 3.05) is 13.2 Å². The number of aldehydes is 2. The Morgan fingerprint density at radius 1 is 0.773 bits per heavy atom. The third kappa shape index (κ3) is 9.31. The van der Waals surface area contributed by atoms with Gasteiger partial charge in [-0.3, -0.25) is 0 Å². The van der Waals surface area contributed by atoms with Gasteiger partial charge in [-0.25, -0.2) is 0 Å². The van der Waals surface area contributed by atoms with E-state index in [0.29, 0.717) is 26.1 Å². The molecular weight excluding hydrogens is 280 g/mol. The molecule has 0 N–H and O–H groups in total. The Balaban J connectivity index is 4.18. The third-order valence-corrected chi connectivity index (χ3v) is 4.52. The SMILES string of the molecule is CCC(C)(CCCC=O)OCCC(C)(CC)OCCCC=O. The fourth-order valence-corrected chi connectivity index (χ4v) is 2.26. The van der Waals surface area contributed by atoms with Gasteiger partial charge in [0.05, 0.1) is 17.8 Å². The van der Waals surface area contributed by atoms with Gasteiger partial charge < -0.3 is 19.1 Å². The average molecular weight is 314 g/mol. The van der Waals surface area contributed by atoms with Crippen molar-refractivity contribution in [2.45, 2.75) is 90.3 Å². The van der Waals surface area contributed by atoms with E-state index in [0.717, 1.165) is 51.1 Å². The molecule has 0 fully saturated rings. The van der Waals surface area contributed by atoms with E-state index in [1.165, 1.54) is 0 Å². The molecule has 0 aliphatic carbocycles. The smallest absolute Gasteiger partial charge is 0.120 e. The first-order valence-electron chi connectivity index (χ1n) is 8.60. The van der Waals surface area contributed by atoms with Gasteiger partial charge in [-0.15, -0.1) is 0 Å².